The fourth-order valence-electron chi connectivity index (χ4n) is 3.31. The van der Waals surface area contributed by atoms with Crippen LogP contribution in [-0.2, 0) is 0 Å². The molecule has 3 nitrogen and oxygen atoms in total. The molecule has 1 atom stereocenters. The average molecular weight is 289 g/mol. The maximum atomic E-state index is 4.69. The van der Waals surface area contributed by atoms with Crippen LogP contribution in [0.3, 0.4) is 0 Å². The van der Waals surface area contributed by atoms with E-state index in [-0.39, 0.29) is 0 Å². The number of pyridine rings is 1. The Balaban J connectivity index is 2.12. The van der Waals surface area contributed by atoms with Crippen LogP contribution in [0.1, 0.15) is 65.1 Å². The second-order valence-corrected chi connectivity index (χ2v) is 6.71. The first-order valence-corrected chi connectivity index (χ1v) is 8.57. The van der Waals surface area contributed by atoms with Crippen LogP contribution in [0.4, 0.5) is 5.69 Å². The van der Waals surface area contributed by atoms with E-state index in [4.69, 9.17) is 4.98 Å². The van der Waals surface area contributed by atoms with E-state index < -0.39 is 0 Å². The molecular formula is C18H31N3. The van der Waals surface area contributed by atoms with Crippen molar-refractivity contribution >= 4 is 5.69 Å². The first kappa shape index (κ1) is 16.3. The summed E-state index contributed by atoms with van der Waals surface area (Å²) in [6, 6.07) is 5.49. The van der Waals surface area contributed by atoms with Crippen LogP contribution < -0.4 is 10.2 Å². The molecule has 1 N–H and O–H groups in total. The largest absolute Gasteiger partial charge is 0.367 e. The lowest BCUT2D eigenvalue weighted by atomic mass is 10.1. The van der Waals surface area contributed by atoms with Crippen LogP contribution in [0.5, 0.6) is 0 Å². The van der Waals surface area contributed by atoms with Crippen LogP contribution >= 0.6 is 0 Å². The van der Waals surface area contributed by atoms with Crippen LogP contribution in [0, 0.1) is 5.92 Å². The maximum absolute atomic E-state index is 4.69. The molecule has 1 aromatic rings. The Morgan fingerprint density at radius 1 is 1.24 bits per heavy atom. The van der Waals surface area contributed by atoms with E-state index in [1.807, 2.05) is 0 Å². The quantitative estimate of drug-likeness (QED) is 0.817. The lowest BCUT2D eigenvalue weighted by Crippen LogP contribution is -2.36. The van der Waals surface area contributed by atoms with E-state index >= 15 is 0 Å². The van der Waals surface area contributed by atoms with E-state index in [0.717, 1.165) is 18.8 Å². The van der Waals surface area contributed by atoms with Crippen LogP contribution in [0.2, 0.25) is 0 Å². The van der Waals surface area contributed by atoms with Crippen molar-refractivity contribution in [1.29, 1.82) is 0 Å². The van der Waals surface area contributed by atoms with Crippen LogP contribution in [0.25, 0.3) is 0 Å². The SMILES string of the molecule is CCNC(C)c1ccc(N(CC(C)C)C2CCCC2)cn1. The molecule has 0 aliphatic heterocycles. The lowest BCUT2D eigenvalue weighted by molar-refractivity contribution is 0.534. The number of aromatic nitrogens is 1. The molecular weight excluding hydrogens is 258 g/mol. The predicted molar refractivity (Wildman–Crippen MR) is 90.8 cm³/mol. The Morgan fingerprint density at radius 2 is 1.95 bits per heavy atom. The molecule has 118 valence electrons. The molecule has 21 heavy (non-hydrogen) atoms. The van der Waals surface area contributed by atoms with Gasteiger partial charge in [-0.3, -0.25) is 4.98 Å². The summed E-state index contributed by atoms with van der Waals surface area (Å²) in [4.78, 5) is 7.28. The Morgan fingerprint density at radius 3 is 2.48 bits per heavy atom. The Hall–Kier alpha value is -1.09. The molecule has 1 heterocycles. The van der Waals surface area contributed by atoms with Crippen molar-refractivity contribution in [3.05, 3.63) is 24.0 Å². The molecule has 3 heteroatoms. The zero-order chi connectivity index (χ0) is 15.2. The van der Waals surface area contributed by atoms with Crippen molar-refractivity contribution < 1.29 is 0 Å². The van der Waals surface area contributed by atoms with E-state index in [9.17, 15) is 0 Å². The summed E-state index contributed by atoms with van der Waals surface area (Å²) in [5.74, 6) is 0.686. The second kappa shape index (κ2) is 7.79. The minimum atomic E-state index is 0.328. The molecule has 0 bridgehead atoms. The van der Waals surface area contributed by atoms with E-state index in [2.05, 4.69) is 56.2 Å². The number of anilines is 1. The molecule has 1 aromatic heterocycles. The summed E-state index contributed by atoms with van der Waals surface area (Å²) in [5, 5.41) is 3.42. The van der Waals surface area contributed by atoms with Gasteiger partial charge in [0.2, 0.25) is 0 Å². The topological polar surface area (TPSA) is 28.2 Å². The highest BCUT2D eigenvalue weighted by Gasteiger charge is 2.23. The molecule has 1 fully saturated rings. The van der Waals surface area contributed by atoms with Crippen molar-refractivity contribution in [2.75, 3.05) is 18.0 Å². The van der Waals surface area contributed by atoms with E-state index in [1.54, 1.807) is 0 Å². The van der Waals surface area contributed by atoms with Gasteiger partial charge in [0.15, 0.2) is 0 Å². The molecule has 0 radical (unpaired) electrons. The van der Waals surface area contributed by atoms with Gasteiger partial charge in [0.1, 0.15) is 0 Å². The van der Waals surface area contributed by atoms with Crippen LogP contribution in [0.15, 0.2) is 18.3 Å². The third-order valence-corrected chi connectivity index (χ3v) is 4.38. The summed E-state index contributed by atoms with van der Waals surface area (Å²) in [6.07, 6.45) is 7.50. The highest BCUT2D eigenvalue weighted by Crippen LogP contribution is 2.29. The number of hydrogen-bond donors (Lipinski definition) is 1. The van der Waals surface area contributed by atoms with Crippen molar-refractivity contribution in [3.8, 4) is 0 Å². The third-order valence-electron chi connectivity index (χ3n) is 4.38. The molecule has 0 aromatic carbocycles. The van der Waals surface area contributed by atoms with Gasteiger partial charge >= 0.3 is 0 Å². The van der Waals surface area contributed by atoms with Crippen LogP contribution in [-0.4, -0.2) is 24.1 Å². The number of hydrogen-bond acceptors (Lipinski definition) is 3. The monoisotopic (exact) mass is 289 g/mol. The molecule has 0 saturated heterocycles. The molecule has 0 spiro atoms. The summed E-state index contributed by atoms with van der Waals surface area (Å²) >= 11 is 0. The maximum Gasteiger partial charge on any atom is 0.0572 e. The number of nitrogens with zero attached hydrogens (tertiary/aromatic N) is 2. The van der Waals surface area contributed by atoms with Gasteiger partial charge in [0.25, 0.3) is 0 Å². The number of rotatable bonds is 7. The average Bonchev–Trinajstić information content (AvgIpc) is 2.99. The van der Waals surface area contributed by atoms with Gasteiger partial charge in [-0.05, 0) is 44.4 Å². The van der Waals surface area contributed by atoms with Gasteiger partial charge < -0.3 is 10.2 Å². The summed E-state index contributed by atoms with van der Waals surface area (Å²) in [5.41, 5.74) is 2.43. The van der Waals surface area contributed by atoms with E-state index in [0.29, 0.717) is 18.0 Å². The molecule has 2 rings (SSSR count). The van der Waals surface area contributed by atoms with Gasteiger partial charge in [0.05, 0.1) is 17.6 Å². The minimum absolute atomic E-state index is 0.328. The minimum Gasteiger partial charge on any atom is -0.367 e. The zero-order valence-electron chi connectivity index (χ0n) is 14.1. The van der Waals surface area contributed by atoms with Crippen molar-refractivity contribution in [3.63, 3.8) is 0 Å². The molecule has 1 unspecified atom stereocenters. The first-order valence-electron chi connectivity index (χ1n) is 8.57. The van der Waals surface area contributed by atoms with Gasteiger partial charge in [-0.15, -0.1) is 0 Å². The standard InChI is InChI=1S/C18H31N3/c1-5-19-15(4)18-11-10-17(12-20-18)21(13-14(2)3)16-8-6-7-9-16/h10-12,14-16,19H,5-9,13H2,1-4H3. The highest BCUT2D eigenvalue weighted by molar-refractivity contribution is 5.46. The fourth-order valence-corrected chi connectivity index (χ4v) is 3.31. The third kappa shape index (κ3) is 4.44. The van der Waals surface area contributed by atoms with Gasteiger partial charge in [-0.1, -0.05) is 33.6 Å². The Kier molecular flexibility index (Phi) is 6.04. The second-order valence-electron chi connectivity index (χ2n) is 6.71. The fraction of sp³-hybridized carbons (Fsp3) is 0.722. The van der Waals surface area contributed by atoms with Crippen molar-refractivity contribution in [2.45, 2.75) is 65.5 Å². The normalized spacial score (nSPS) is 17.4. The smallest absolute Gasteiger partial charge is 0.0572 e. The van der Waals surface area contributed by atoms with Gasteiger partial charge in [-0.2, -0.15) is 0 Å². The van der Waals surface area contributed by atoms with Gasteiger partial charge in [-0.25, -0.2) is 0 Å². The summed E-state index contributed by atoms with van der Waals surface area (Å²) in [7, 11) is 0. The Bertz CT molecular complexity index is 407. The molecule has 0 amide bonds. The van der Waals surface area contributed by atoms with Crippen molar-refractivity contribution in [2.24, 2.45) is 5.92 Å². The molecule has 1 aliphatic rings. The van der Waals surface area contributed by atoms with Crippen molar-refractivity contribution in [1.82, 2.24) is 10.3 Å². The van der Waals surface area contributed by atoms with Gasteiger partial charge in [0, 0.05) is 18.6 Å². The van der Waals surface area contributed by atoms with E-state index in [1.165, 1.54) is 31.4 Å². The summed E-state index contributed by atoms with van der Waals surface area (Å²) < 4.78 is 0. The Labute approximate surface area is 130 Å². The lowest BCUT2D eigenvalue weighted by Gasteiger charge is -2.32. The summed E-state index contributed by atoms with van der Waals surface area (Å²) in [6.45, 7) is 11.0. The highest BCUT2D eigenvalue weighted by atomic mass is 15.2. The predicted octanol–water partition coefficient (Wildman–Crippen LogP) is 4.16. The molecule has 1 aliphatic carbocycles. The zero-order valence-corrected chi connectivity index (χ0v) is 14.1. The number of nitrogens with one attached hydrogen (secondary N) is 1. The first-order chi connectivity index (χ1) is 10.1. The molecule has 1 saturated carbocycles.